The van der Waals surface area contributed by atoms with Crippen LogP contribution in [0.3, 0.4) is 0 Å². The Morgan fingerprint density at radius 2 is 1.44 bits per heavy atom. The average molecular weight is 747 g/mol. The Kier molecular flexibility index (Phi) is 10.0. The highest BCUT2D eigenvalue weighted by atomic mass is 16.5. The smallest absolute Gasteiger partial charge is 0.276 e. The highest BCUT2D eigenvalue weighted by molar-refractivity contribution is 6.05. The van der Waals surface area contributed by atoms with Gasteiger partial charge in [-0.3, -0.25) is 39.2 Å². The Bertz CT molecular complexity index is 2520. The third kappa shape index (κ3) is 7.58. The van der Waals surface area contributed by atoms with Gasteiger partial charge in [0.05, 0.1) is 29.0 Å². The number of primary amides is 1. The van der Waals surface area contributed by atoms with E-state index in [1.54, 1.807) is 54.9 Å². The lowest BCUT2D eigenvalue weighted by atomic mass is 10.1. The fraction of sp³-hybridized carbons (Fsp3) is 0.342. The summed E-state index contributed by atoms with van der Waals surface area (Å²) in [5, 5.41) is 14.7. The second-order valence-corrected chi connectivity index (χ2v) is 13.5. The topological polar surface area (TPSA) is 212 Å². The predicted octanol–water partition coefficient (Wildman–Crippen LogP) is 4.68. The van der Waals surface area contributed by atoms with Crippen molar-refractivity contribution in [2.24, 2.45) is 11.7 Å². The van der Waals surface area contributed by atoms with Gasteiger partial charge in [-0.2, -0.15) is 15.2 Å². The number of nitrogens with two attached hydrogens (primary N) is 1. The molecule has 284 valence electrons. The molecule has 1 aliphatic rings. The number of carbonyl (C=O) groups is 4. The van der Waals surface area contributed by atoms with Crippen molar-refractivity contribution in [3.8, 4) is 5.75 Å². The number of ketones is 1. The van der Waals surface area contributed by atoms with E-state index < -0.39 is 17.7 Å². The van der Waals surface area contributed by atoms with Crippen LogP contribution < -0.4 is 21.1 Å². The van der Waals surface area contributed by atoms with Gasteiger partial charge in [-0.25, -0.2) is 9.97 Å². The molecule has 5 heterocycles. The van der Waals surface area contributed by atoms with Crippen LogP contribution in [0.15, 0.2) is 48.6 Å². The number of aromatic nitrogens is 9. The molecule has 55 heavy (non-hydrogen) atoms. The van der Waals surface area contributed by atoms with Crippen molar-refractivity contribution in [2.45, 2.75) is 73.6 Å². The summed E-state index contributed by atoms with van der Waals surface area (Å²) in [5.41, 5.74) is 10.2. The minimum Gasteiger partial charge on any atom is -0.491 e. The number of aryl methyl sites for hydroxylation is 4. The molecule has 0 spiro atoms. The van der Waals surface area contributed by atoms with Gasteiger partial charge in [0.2, 0.25) is 17.8 Å². The SMILES string of the molecule is CCn1nc(C)cc1C(=O)Nc1nc2nc(C(C)=O)ccc2n1C/C=C/Cn1c(NC(=O)c2cc(C)nn2CC)nc2cc(C(N)=O)cc(OCC3CC3)c21. The predicted molar refractivity (Wildman–Crippen MR) is 204 cm³/mol. The lowest BCUT2D eigenvalue weighted by molar-refractivity contribution is 0.0993. The summed E-state index contributed by atoms with van der Waals surface area (Å²) in [6, 6.07) is 9.97. The standard InChI is InChI=1S/C38H42N12O5/c1-6-49-29(16-21(3)45-49)35(53)43-37-41-27-18-25(33(39)52)19-31(55-20-24-10-11-24)32(27)48(37)15-9-8-14-47-28-13-12-26(23(5)51)40-34(28)42-38(47)44-36(54)30-17-22(4)46-50(30)7-2/h8-9,12-13,16-19,24H,6-7,10-11,14-15,20H2,1-5H3,(H2,39,52)(H,41,43,53)(H,40,42,44,54)/b9-8+. The van der Waals surface area contributed by atoms with Crippen LogP contribution in [-0.4, -0.2) is 73.8 Å². The summed E-state index contributed by atoms with van der Waals surface area (Å²) in [7, 11) is 0. The number of benzene rings is 1. The molecule has 0 unspecified atom stereocenters. The van der Waals surface area contributed by atoms with Crippen LogP contribution in [0, 0.1) is 19.8 Å². The van der Waals surface area contributed by atoms with Gasteiger partial charge < -0.3 is 19.6 Å². The number of nitrogens with zero attached hydrogens (tertiary/aromatic N) is 9. The van der Waals surface area contributed by atoms with Crippen LogP contribution in [-0.2, 0) is 26.2 Å². The number of nitrogens with one attached hydrogen (secondary N) is 2. The molecule has 1 aliphatic carbocycles. The fourth-order valence-electron chi connectivity index (χ4n) is 6.36. The highest BCUT2D eigenvalue weighted by Crippen LogP contribution is 2.34. The molecular weight excluding hydrogens is 704 g/mol. The van der Waals surface area contributed by atoms with Crippen LogP contribution in [0.1, 0.15) is 86.8 Å². The highest BCUT2D eigenvalue weighted by Gasteiger charge is 2.25. The summed E-state index contributed by atoms with van der Waals surface area (Å²) in [5.74, 6) is -0.324. The molecule has 1 saturated carbocycles. The molecule has 6 aromatic rings. The molecule has 0 radical (unpaired) electrons. The molecule has 0 aliphatic heterocycles. The molecule has 0 saturated heterocycles. The number of rotatable bonds is 15. The quantitative estimate of drug-likeness (QED) is 0.0975. The molecule has 17 heteroatoms. The van der Waals surface area contributed by atoms with E-state index in [1.165, 1.54) is 6.92 Å². The molecule has 1 aromatic carbocycles. The molecule has 5 aromatic heterocycles. The average Bonchev–Trinajstić information content (AvgIpc) is 3.44. The number of hydrogen-bond acceptors (Lipinski definition) is 10. The Hall–Kier alpha value is -6.65. The van der Waals surface area contributed by atoms with Crippen molar-refractivity contribution in [3.05, 3.63) is 82.6 Å². The Morgan fingerprint density at radius 3 is 2.00 bits per heavy atom. The van der Waals surface area contributed by atoms with E-state index in [4.69, 9.17) is 15.5 Å². The van der Waals surface area contributed by atoms with E-state index in [-0.39, 0.29) is 42.0 Å². The van der Waals surface area contributed by atoms with E-state index in [2.05, 4.69) is 30.8 Å². The van der Waals surface area contributed by atoms with Crippen LogP contribution in [0.2, 0.25) is 0 Å². The normalized spacial score (nSPS) is 12.9. The third-order valence-corrected chi connectivity index (χ3v) is 9.30. The number of carbonyl (C=O) groups excluding carboxylic acids is 4. The van der Waals surface area contributed by atoms with E-state index in [9.17, 15) is 19.2 Å². The number of amides is 3. The first-order valence-electron chi connectivity index (χ1n) is 18.2. The summed E-state index contributed by atoms with van der Waals surface area (Å²) in [6.07, 6.45) is 5.89. The molecule has 3 amide bonds. The molecule has 17 nitrogen and oxygen atoms in total. The zero-order valence-corrected chi connectivity index (χ0v) is 31.3. The molecule has 1 fully saturated rings. The third-order valence-electron chi connectivity index (χ3n) is 9.30. The number of imidazole rings is 2. The maximum Gasteiger partial charge on any atom is 0.276 e. The Labute approximate surface area is 315 Å². The molecule has 0 atom stereocenters. The summed E-state index contributed by atoms with van der Waals surface area (Å²) >= 11 is 0. The maximum absolute atomic E-state index is 13.6. The molecule has 7 rings (SSSR count). The van der Waals surface area contributed by atoms with E-state index in [0.29, 0.717) is 76.3 Å². The van der Waals surface area contributed by atoms with Gasteiger partial charge in [0.15, 0.2) is 11.4 Å². The van der Waals surface area contributed by atoms with Crippen LogP contribution in [0.5, 0.6) is 5.75 Å². The summed E-state index contributed by atoms with van der Waals surface area (Å²) in [4.78, 5) is 65.4. The van der Waals surface area contributed by atoms with Gasteiger partial charge in [-0.1, -0.05) is 12.2 Å². The number of ether oxygens (including phenoxy) is 1. The number of fused-ring (bicyclic) bond motifs is 2. The number of hydrogen-bond donors (Lipinski definition) is 3. The zero-order chi connectivity index (χ0) is 39.0. The van der Waals surface area contributed by atoms with Crippen LogP contribution >= 0.6 is 0 Å². The number of anilines is 2. The van der Waals surface area contributed by atoms with Crippen molar-refractivity contribution >= 4 is 57.6 Å². The summed E-state index contributed by atoms with van der Waals surface area (Å²) in [6.45, 7) is 10.8. The Balaban J connectivity index is 1.24. The van der Waals surface area contributed by atoms with Crippen LogP contribution in [0.25, 0.3) is 22.2 Å². The van der Waals surface area contributed by atoms with Crippen LogP contribution in [0.4, 0.5) is 11.9 Å². The lowest BCUT2D eigenvalue weighted by Crippen LogP contribution is -2.20. The minimum atomic E-state index is -0.629. The molecule has 4 N–H and O–H groups in total. The first kappa shape index (κ1) is 36.7. The lowest BCUT2D eigenvalue weighted by Gasteiger charge is -2.13. The van der Waals surface area contributed by atoms with E-state index in [1.807, 2.05) is 39.8 Å². The van der Waals surface area contributed by atoms with Crippen molar-refractivity contribution < 1.29 is 23.9 Å². The number of allylic oxidation sites excluding steroid dienone is 2. The number of Topliss-reactive ketones (excluding diaryl/α,β-unsaturated/α-hetero) is 1. The van der Waals surface area contributed by atoms with Gasteiger partial charge >= 0.3 is 0 Å². The van der Waals surface area contributed by atoms with Crippen molar-refractivity contribution in [1.29, 1.82) is 0 Å². The van der Waals surface area contributed by atoms with Crippen molar-refractivity contribution in [1.82, 2.24) is 43.6 Å². The van der Waals surface area contributed by atoms with Gasteiger partial charge in [-0.05, 0) is 82.9 Å². The van der Waals surface area contributed by atoms with Gasteiger partial charge in [-0.15, -0.1) is 0 Å². The van der Waals surface area contributed by atoms with E-state index in [0.717, 1.165) is 12.8 Å². The number of pyridine rings is 1. The first-order valence-corrected chi connectivity index (χ1v) is 18.2. The van der Waals surface area contributed by atoms with E-state index >= 15 is 0 Å². The second kappa shape index (κ2) is 15.0. The maximum atomic E-state index is 13.6. The second-order valence-electron chi connectivity index (χ2n) is 13.5. The monoisotopic (exact) mass is 746 g/mol. The van der Waals surface area contributed by atoms with Gasteiger partial charge in [0.25, 0.3) is 11.8 Å². The Morgan fingerprint density at radius 1 is 0.836 bits per heavy atom. The van der Waals surface area contributed by atoms with Crippen molar-refractivity contribution in [3.63, 3.8) is 0 Å². The zero-order valence-electron chi connectivity index (χ0n) is 31.3. The van der Waals surface area contributed by atoms with Gasteiger partial charge in [0, 0.05) is 38.7 Å². The summed E-state index contributed by atoms with van der Waals surface area (Å²) < 4.78 is 13.1. The molecular formula is C38H42N12O5. The van der Waals surface area contributed by atoms with Gasteiger partial charge in [0.1, 0.15) is 28.3 Å². The van der Waals surface area contributed by atoms with Crippen molar-refractivity contribution in [2.75, 3.05) is 17.2 Å². The fourth-order valence-corrected chi connectivity index (χ4v) is 6.36. The largest absolute Gasteiger partial charge is 0.491 e. The molecule has 0 bridgehead atoms. The minimum absolute atomic E-state index is 0.211. The first-order chi connectivity index (χ1) is 26.4.